The largest absolute Gasteiger partial charge is 0.295 e. The minimum atomic E-state index is -4.23. The van der Waals surface area contributed by atoms with Crippen LogP contribution in [-0.2, 0) is 13.2 Å². The van der Waals surface area contributed by atoms with Crippen molar-refractivity contribution in [2.45, 2.75) is 4.90 Å². The Morgan fingerprint density at radius 1 is 0.600 bits per heavy atom. The number of halogens is 1. The molecule has 1 N–H and O–H groups in total. The van der Waals surface area contributed by atoms with Gasteiger partial charge in [-0.15, -0.1) is 0 Å². The first kappa shape index (κ1) is 23.7. The first-order valence-corrected chi connectivity index (χ1v) is 15.4. The molecule has 0 spiro atoms. The summed E-state index contributed by atoms with van der Waals surface area (Å²) < 4.78 is 40.8. The van der Waals surface area contributed by atoms with E-state index in [1.54, 1.807) is 12.1 Å². The molecule has 0 unspecified atom stereocenters. The maximum Gasteiger partial charge on any atom is 0.295 e. The molecule has 4 nitrogen and oxygen atoms in total. The minimum Gasteiger partial charge on any atom is -0.282 e. The zero-order valence-corrected chi connectivity index (χ0v) is 21.9. The predicted molar refractivity (Wildman–Crippen MR) is 151 cm³/mol. The third kappa shape index (κ3) is 4.75. The molecule has 0 aromatic heterocycles. The van der Waals surface area contributed by atoms with Crippen molar-refractivity contribution in [2.24, 2.45) is 0 Å². The van der Waals surface area contributed by atoms with Crippen molar-refractivity contribution in [3.63, 3.8) is 0 Å². The molecule has 0 atom stereocenters. The van der Waals surface area contributed by atoms with E-state index in [2.05, 4.69) is 48.5 Å². The fraction of sp³-hybridized carbons (Fsp3) is 0.0345. The first-order valence-electron chi connectivity index (χ1n) is 11.0. The van der Waals surface area contributed by atoms with Crippen molar-refractivity contribution < 1.29 is 16.0 Å². The van der Waals surface area contributed by atoms with Crippen molar-refractivity contribution >= 4 is 62.7 Å². The van der Waals surface area contributed by atoms with Gasteiger partial charge in [-0.05, 0) is 33.0 Å². The third-order valence-electron chi connectivity index (χ3n) is 5.78. The molecular weight excluding hydrogens is 571 g/mol. The van der Waals surface area contributed by atoms with E-state index >= 15 is 0 Å². The first-order chi connectivity index (χ1) is 17.0. The van der Waals surface area contributed by atoms with E-state index in [4.69, 9.17) is 3.07 Å². The quantitative estimate of drug-likeness (QED) is 0.130. The van der Waals surface area contributed by atoms with Gasteiger partial charge in [-0.25, -0.2) is 0 Å². The van der Waals surface area contributed by atoms with Gasteiger partial charge in [0.1, 0.15) is 4.90 Å². The average Bonchev–Trinajstić information content (AvgIpc) is 2.89. The molecule has 6 heteroatoms. The number of hydrogen-bond acceptors (Lipinski definition) is 3. The molecule has 6 rings (SSSR count). The molecule has 176 valence electrons. The van der Waals surface area contributed by atoms with Gasteiger partial charge in [-0.1, -0.05) is 48.5 Å². The minimum absolute atomic E-state index is 0.0387. The van der Waals surface area contributed by atoms with Gasteiger partial charge in [0.25, 0.3) is 10.1 Å². The number of benzene rings is 6. The average molecular weight is 594 g/mol. The van der Waals surface area contributed by atoms with Gasteiger partial charge in [0.05, 0.1) is 0 Å². The molecule has 0 heterocycles. The zero-order chi connectivity index (χ0) is 24.4. The van der Waals surface area contributed by atoms with Crippen LogP contribution in [0.15, 0.2) is 120 Å². The van der Waals surface area contributed by atoms with E-state index in [0.717, 1.165) is 26.9 Å². The van der Waals surface area contributed by atoms with Crippen molar-refractivity contribution in [3.05, 3.63) is 122 Å². The van der Waals surface area contributed by atoms with Gasteiger partial charge in [0.2, 0.25) is 0 Å². The van der Waals surface area contributed by atoms with E-state index < -0.39 is 30.4 Å². The summed E-state index contributed by atoms with van der Waals surface area (Å²) in [6.45, 7) is 0. The fourth-order valence-electron chi connectivity index (χ4n) is 4.30. The van der Waals surface area contributed by atoms with Crippen molar-refractivity contribution in [1.29, 1.82) is 0 Å². The zero-order valence-electron chi connectivity index (χ0n) is 18.9. The van der Waals surface area contributed by atoms with E-state index in [1.165, 1.54) is 13.2 Å². The van der Waals surface area contributed by atoms with Crippen LogP contribution in [0.2, 0.25) is 0 Å². The van der Waals surface area contributed by atoms with E-state index in [0.29, 0.717) is 5.39 Å². The van der Waals surface area contributed by atoms with Crippen LogP contribution in [-0.4, -0.2) is 20.1 Å². The fourth-order valence-corrected chi connectivity index (χ4v) is 8.86. The Balaban J connectivity index is 0.000000152. The summed E-state index contributed by atoms with van der Waals surface area (Å²) in [6, 6.07) is 37.8. The van der Waals surface area contributed by atoms with Gasteiger partial charge in [0, 0.05) is 5.39 Å². The molecule has 0 aliphatic rings. The normalized spacial score (nSPS) is 12.0. The second-order valence-electron chi connectivity index (χ2n) is 7.89. The Bertz CT molecular complexity index is 1650. The van der Waals surface area contributed by atoms with Crippen molar-refractivity contribution in [2.75, 3.05) is 7.11 Å². The van der Waals surface area contributed by atoms with Crippen LogP contribution in [0.1, 0.15) is 0 Å². The Kier molecular flexibility index (Phi) is 6.71. The van der Waals surface area contributed by atoms with Crippen LogP contribution >= 0.6 is 20.2 Å². The van der Waals surface area contributed by atoms with Gasteiger partial charge >= 0.3 is 98.2 Å². The molecule has 0 saturated heterocycles. The summed E-state index contributed by atoms with van der Waals surface area (Å²) in [5.74, 6) is 0. The maximum atomic E-state index is 11.5. The summed E-state index contributed by atoms with van der Waals surface area (Å²) in [4.78, 5) is -0.0387. The molecule has 35 heavy (non-hydrogen) atoms. The van der Waals surface area contributed by atoms with Gasteiger partial charge in [-0.2, -0.15) is 8.42 Å². The second kappa shape index (κ2) is 9.91. The van der Waals surface area contributed by atoms with Gasteiger partial charge in [-0.3, -0.25) is 4.55 Å². The molecule has 0 bridgehead atoms. The topological polar surface area (TPSA) is 63.6 Å². The number of rotatable bonds is 4. The molecular formula is C29H23IO4S. The van der Waals surface area contributed by atoms with E-state index in [-0.39, 0.29) is 4.90 Å². The van der Waals surface area contributed by atoms with Crippen LogP contribution in [0.25, 0.3) is 32.3 Å². The Labute approximate surface area is 212 Å². The Morgan fingerprint density at radius 2 is 1.09 bits per heavy atom. The van der Waals surface area contributed by atoms with Crippen molar-refractivity contribution in [1.82, 2.24) is 0 Å². The summed E-state index contributed by atoms with van der Waals surface area (Å²) >= 11 is -1.62. The Hall–Kier alpha value is -3.04. The molecule has 0 radical (unpaired) electrons. The van der Waals surface area contributed by atoms with E-state index in [1.807, 2.05) is 55.6 Å². The van der Waals surface area contributed by atoms with Gasteiger partial charge in [0.15, 0.2) is 0 Å². The van der Waals surface area contributed by atoms with Crippen LogP contribution in [0.5, 0.6) is 0 Å². The van der Waals surface area contributed by atoms with Crippen LogP contribution in [0.4, 0.5) is 0 Å². The molecule has 0 fully saturated rings. The third-order valence-corrected chi connectivity index (χ3v) is 11.3. The van der Waals surface area contributed by atoms with Crippen LogP contribution in [0, 0.1) is 7.14 Å². The Morgan fingerprint density at radius 3 is 1.60 bits per heavy atom. The molecule has 0 saturated carbocycles. The standard InChI is InChI=1S/C16H10O3S.C13H13IO/c17-20(18,19)14-9-7-12-5-4-10-2-1-3-11-6-8-13(14)16(12)15(10)11;1-15-14(12-8-4-2-5-9-12)13-10-6-3-7-11-13/h1-9H,(H,17,18,19);2-11H,1H3. The summed E-state index contributed by atoms with van der Waals surface area (Å²) in [7, 11) is -2.42. The molecule has 6 aromatic rings. The van der Waals surface area contributed by atoms with Gasteiger partial charge < -0.3 is 0 Å². The monoisotopic (exact) mass is 594 g/mol. The second-order valence-corrected chi connectivity index (χ2v) is 14.1. The molecule has 0 amide bonds. The van der Waals surface area contributed by atoms with Crippen LogP contribution < -0.4 is 0 Å². The van der Waals surface area contributed by atoms with E-state index in [9.17, 15) is 13.0 Å². The SMILES string of the molecule is COI(c1ccccc1)c1ccccc1.O=S(=O)(O)c1ccc2ccc3cccc4ccc1c2c34. The predicted octanol–water partition coefficient (Wildman–Crippen LogP) is 7.62. The number of hydrogen-bond donors (Lipinski definition) is 1. The van der Waals surface area contributed by atoms with Crippen LogP contribution in [0.3, 0.4) is 0 Å². The summed E-state index contributed by atoms with van der Waals surface area (Å²) in [5.41, 5.74) is 0. The summed E-state index contributed by atoms with van der Waals surface area (Å²) in [5, 5.41) is 5.58. The maximum absolute atomic E-state index is 11.5. The molecule has 0 aliphatic heterocycles. The van der Waals surface area contributed by atoms with Crippen molar-refractivity contribution in [3.8, 4) is 0 Å². The summed E-state index contributed by atoms with van der Waals surface area (Å²) in [6.07, 6.45) is 0. The molecule has 6 aromatic carbocycles. The molecule has 0 aliphatic carbocycles. The smallest absolute Gasteiger partial charge is 0.282 e.